The highest BCUT2D eigenvalue weighted by molar-refractivity contribution is 7.47. The van der Waals surface area contributed by atoms with E-state index in [2.05, 4.69) is 6.92 Å². The van der Waals surface area contributed by atoms with Crippen molar-refractivity contribution in [3.05, 3.63) is 30.6 Å². The zero-order valence-corrected chi connectivity index (χ0v) is 23.5. The van der Waals surface area contributed by atoms with Gasteiger partial charge in [-0.3, -0.25) is 9.05 Å². The van der Waals surface area contributed by atoms with Crippen LogP contribution in [-0.2, 0) is 29.6 Å². The van der Waals surface area contributed by atoms with E-state index >= 15 is 0 Å². The van der Waals surface area contributed by atoms with Crippen molar-refractivity contribution in [1.29, 1.82) is 0 Å². The molecule has 1 aromatic rings. The molecule has 2 heterocycles. The molecule has 36 heavy (non-hydrogen) atoms. The van der Waals surface area contributed by atoms with Gasteiger partial charge in [-0.25, -0.2) is 9.13 Å². The number of pyridine rings is 1. The fourth-order valence-corrected chi connectivity index (χ4v) is 5.23. The Balaban J connectivity index is 1.36. The van der Waals surface area contributed by atoms with Crippen LogP contribution in [0.3, 0.4) is 0 Å². The summed E-state index contributed by atoms with van der Waals surface area (Å²) in [4.78, 5) is 9.88. The van der Waals surface area contributed by atoms with Gasteiger partial charge in [0, 0.05) is 12.1 Å². The molecule has 1 unspecified atom stereocenters. The van der Waals surface area contributed by atoms with Gasteiger partial charge in [0.1, 0.15) is 12.7 Å². The Labute approximate surface area is 219 Å². The van der Waals surface area contributed by atoms with Crippen LogP contribution in [0.4, 0.5) is 0 Å². The van der Waals surface area contributed by atoms with E-state index in [0.29, 0.717) is 13.2 Å². The van der Waals surface area contributed by atoms with E-state index in [1.54, 1.807) is 0 Å². The van der Waals surface area contributed by atoms with Crippen LogP contribution < -0.4 is 4.57 Å². The zero-order valence-electron chi connectivity index (χ0n) is 22.6. The number of phosphoric ester groups is 1. The van der Waals surface area contributed by atoms with Crippen molar-refractivity contribution < 1.29 is 32.5 Å². The Kier molecular flexibility index (Phi) is 17.6. The minimum Gasteiger partial charge on any atom is -0.350 e. The van der Waals surface area contributed by atoms with Crippen LogP contribution in [0.5, 0.6) is 0 Å². The van der Waals surface area contributed by atoms with E-state index in [1.165, 1.54) is 89.9 Å². The average Bonchev–Trinajstić information content (AvgIpc) is 3.34. The fraction of sp³-hybridized carbons (Fsp3) is 0.821. The molecule has 1 aliphatic rings. The number of aromatic nitrogens is 1. The highest BCUT2D eigenvalue weighted by Crippen LogP contribution is 2.43. The summed E-state index contributed by atoms with van der Waals surface area (Å²) in [5, 5.41) is 0. The Bertz CT molecular complexity index is 692. The van der Waals surface area contributed by atoms with Gasteiger partial charge >= 0.3 is 7.82 Å². The maximum Gasteiger partial charge on any atom is 0.472 e. The molecule has 0 spiro atoms. The summed E-state index contributed by atoms with van der Waals surface area (Å²) >= 11 is 0. The maximum absolute atomic E-state index is 12.1. The first kappa shape index (κ1) is 31.4. The molecule has 0 aliphatic carbocycles. The standard InChI is InChI=1S/C28H50NO6P/c1-2-3-4-5-6-7-8-9-10-11-12-13-14-15-17-20-28-32-25-27(35-28)26-34-36(30,31)33-24-23-29-21-18-16-19-22-29/h16,18-19,21-22,27-28H,2-15,17,20,23-26H2,1H3/p+1/t27-,28+/m1/s1. The Morgan fingerprint density at radius 2 is 1.39 bits per heavy atom. The smallest absolute Gasteiger partial charge is 0.350 e. The van der Waals surface area contributed by atoms with Crippen LogP contribution in [0.25, 0.3) is 0 Å². The number of hydrogen-bond acceptors (Lipinski definition) is 5. The summed E-state index contributed by atoms with van der Waals surface area (Å²) in [7, 11) is -4.10. The van der Waals surface area contributed by atoms with E-state index in [4.69, 9.17) is 18.5 Å². The molecule has 0 bridgehead atoms. The molecule has 7 nitrogen and oxygen atoms in total. The van der Waals surface area contributed by atoms with Crippen molar-refractivity contribution >= 4 is 7.82 Å². The molecule has 208 valence electrons. The summed E-state index contributed by atoms with van der Waals surface area (Å²) in [6.07, 6.45) is 24.2. The minimum atomic E-state index is -4.10. The van der Waals surface area contributed by atoms with Gasteiger partial charge in [-0.1, -0.05) is 103 Å². The molecule has 3 atom stereocenters. The molecule has 1 fully saturated rings. The van der Waals surface area contributed by atoms with Gasteiger partial charge < -0.3 is 14.4 Å². The second-order valence-corrected chi connectivity index (χ2v) is 11.4. The molecule has 1 saturated heterocycles. The topological polar surface area (TPSA) is 78.1 Å². The first-order valence-corrected chi connectivity index (χ1v) is 15.9. The number of unbranched alkanes of at least 4 members (excludes halogenated alkanes) is 14. The summed E-state index contributed by atoms with van der Waals surface area (Å²) in [5.41, 5.74) is 0. The van der Waals surface area contributed by atoms with Crippen LogP contribution in [0.2, 0.25) is 0 Å². The highest BCUT2D eigenvalue weighted by atomic mass is 31.2. The van der Waals surface area contributed by atoms with Crippen LogP contribution in [0.1, 0.15) is 110 Å². The van der Waals surface area contributed by atoms with Gasteiger partial charge in [0.15, 0.2) is 25.2 Å². The van der Waals surface area contributed by atoms with Crippen LogP contribution in [-0.4, -0.2) is 37.1 Å². The molecule has 0 radical (unpaired) electrons. The molecule has 0 aromatic carbocycles. The molecular formula is C28H51NO6P+. The van der Waals surface area contributed by atoms with Crippen LogP contribution >= 0.6 is 7.82 Å². The molecule has 8 heteroatoms. The fourth-order valence-electron chi connectivity index (χ4n) is 4.49. The monoisotopic (exact) mass is 528 g/mol. The minimum absolute atomic E-state index is 0.0123. The first-order chi connectivity index (χ1) is 17.6. The van der Waals surface area contributed by atoms with E-state index in [9.17, 15) is 9.46 Å². The SMILES string of the molecule is CCCCCCCCCCCCCCCCC[C@H]1OC[C@H](COP(=O)(O)OCC[n+]2ccccc2)O1. The van der Waals surface area contributed by atoms with Crippen molar-refractivity contribution in [2.45, 2.75) is 129 Å². The lowest BCUT2D eigenvalue weighted by Gasteiger charge is -2.14. The third-order valence-corrected chi connectivity index (χ3v) is 7.64. The summed E-state index contributed by atoms with van der Waals surface area (Å²) in [5.74, 6) is 0. The number of nitrogens with zero attached hydrogens (tertiary/aromatic N) is 1. The Hall–Kier alpha value is -0.820. The summed E-state index contributed by atoms with van der Waals surface area (Å²) in [6, 6.07) is 5.69. The van der Waals surface area contributed by atoms with Crippen molar-refractivity contribution in [3.63, 3.8) is 0 Å². The van der Waals surface area contributed by atoms with Gasteiger partial charge in [-0.2, -0.15) is 0 Å². The van der Waals surface area contributed by atoms with Gasteiger partial charge in [0.25, 0.3) is 0 Å². The first-order valence-electron chi connectivity index (χ1n) is 14.4. The van der Waals surface area contributed by atoms with E-state index in [-0.39, 0.29) is 25.6 Å². The van der Waals surface area contributed by atoms with Crippen molar-refractivity contribution in [1.82, 2.24) is 0 Å². The van der Waals surface area contributed by atoms with Crippen LogP contribution in [0.15, 0.2) is 30.6 Å². The van der Waals surface area contributed by atoms with E-state index in [0.717, 1.165) is 12.8 Å². The van der Waals surface area contributed by atoms with E-state index < -0.39 is 7.82 Å². The second kappa shape index (κ2) is 20.2. The predicted octanol–water partition coefficient (Wildman–Crippen LogP) is 7.11. The highest BCUT2D eigenvalue weighted by Gasteiger charge is 2.30. The third-order valence-electron chi connectivity index (χ3n) is 6.66. The molecule has 1 aromatic heterocycles. The molecule has 2 rings (SSSR count). The van der Waals surface area contributed by atoms with Crippen LogP contribution in [0, 0.1) is 0 Å². The Morgan fingerprint density at radius 3 is 1.97 bits per heavy atom. The number of ether oxygens (including phenoxy) is 2. The largest absolute Gasteiger partial charge is 0.472 e. The lowest BCUT2D eigenvalue weighted by Crippen LogP contribution is -2.34. The van der Waals surface area contributed by atoms with Crippen molar-refractivity contribution in [2.24, 2.45) is 0 Å². The third kappa shape index (κ3) is 16.1. The number of rotatable bonds is 23. The second-order valence-electron chi connectivity index (χ2n) is 9.97. The quantitative estimate of drug-likeness (QED) is 0.0926. The maximum atomic E-state index is 12.1. The predicted molar refractivity (Wildman–Crippen MR) is 143 cm³/mol. The number of phosphoric acid groups is 1. The van der Waals surface area contributed by atoms with Crippen molar-refractivity contribution in [2.75, 3.05) is 19.8 Å². The summed E-state index contributed by atoms with van der Waals surface area (Å²) in [6.45, 7) is 3.20. The van der Waals surface area contributed by atoms with Gasteiger partial charge in [-0.15, -0.1) is 0 Å². The van der Waals surface area contributed by atoms with Crippen molar-refractivity contribution in [3.8, 4) is 0 Å². The zero-order chi connectivity index (χ0) is 25.7. The summed E-state index contributed by atoms with van der Waals surface area (Å²) < 4.78 is 35.6. The van der Waals surface area contributed by atoms with Gasteiger partial charge in [0.05, 0.1) is 13.2 Å². The van der Waals surface area contributed by atoms with Gasteiger partial charge in [0.2, 0.25) is 0 Å². The van der Waals surface area contributed by atoms with E-state index in [1.807, 2.05) is 35.2 Å². The number of hydrogen-bond donors (Lipinski definition) is 1. The molecule has 1 aliphatic heterocycles. The molecule has 0 amide bonds. The molecular weight excluding hydrogens is 477 g/mol. The van der Waals surface area contributed by atoms with Gasteiger partial charge in [-0.05, 0) is 12.8 Å². The normalized spacial score (nSPS) is 19.5. The molecule has 1 N–H and O–H groups in total. The molecule has 0 saturated carbocycles. The Morgan fingerprint density at radius 1 is 0.833 bits per heavy atom. The lowest BCUT2D eigenvalue weighted by molar-refractivity contribution is -0.697. The lowest BCUT2D eigenvalue weighted by atomic mass is 10.0. The average molecular weight is 529 g/mol.